The topological polar surface area (TPSA) is 78.9 Å². The lowest BCUT2D eigenvalue weighted by Gasteiger charge is -2.18. The first kappa shape index (κ1) is 63.1. The molecule has 0 unspecified atom stereocenters. The van der Waals surface area contributed by atoms with E-state index in [9.17, 15) is 14.4 Å². The SMILES string of the molecule is CC/C=C\C/C=C\C/C=C\C/C=C\C/C=C\CCCC(=O)OC[C@H](COC(=O)CCCCCCC/C=C\CCCCCCCC)OC(=O)CCCCCC/C=C\C/C=C\C/C=C\CCCCC. The van der Waals surface area contributed by atoms with Gasteiger partial charge in [0, 0.05) is 19.3 Å². The fraction of sp³-hybridized carbons (Fsp3) is 0.656. The maximum absolute atomic E-state index is 12.8. The standard InChI is InChI=1S/C61H100O6/c1-4-7-10-13-16-19-22-25-28-30-33-36-39-42-45-48-51-54-60(63)66-57-58(56-65-59(62)53-50-47-44-41-38-35-32-27-24-21-18-15-12-9-6-3)67-61(64)55-52-49-46-43-40-37-34-31-29-26-23-20-17-14-11-8-5-2/h7,10,16-17,19-20,25-29,32-34,36-37,42,45,58H,4-6,8-9,11-15,18,21-24,30-31,35,38-41,43-44,46-57H2,1-3H3/b10-7-,19-16-,20-17-,28-25-,29-26-,32-27-,36-33-,37-34-,45-42-/t58-/m0/s1. The van der Waals surface area contributed by atoms with Crippen molar-refractivity contribution < 1.29 is 28.6 Å². The predicted molar refractivity (Wildman–Crippen MR) is 288 cm³/mol. The van der Waals surface area contributed by atoms with Crippen molar-refractivity contribution >= 4 is 17.9 Å². The Morgan fingerprint density at radius 3 is 1.01 bits per heavy atom. The zero-order valence-electron chi connectivity index (χ0n) is 43.4. The van der Waals surface area contributed by atoms with E-state index in [1.54, 1.807) is 0 Å². The minimum Gasteiger partial charge on any atom is -0.462 e. The van der Waals surface area contributed by atoms with E-state index in [0.717, 1.165) is 116 Å². The van der Waals surface area contributed by atoms with Crippen LogP contribution in [0.1, 0.15) is 239 Å². The van der Waals surface area contributed by atoms with Crippen molar-refractivity contribution in [2.45, 2.75) is 245 Å². The number of hydrogen-bond donors (Lipinski definition) is 0. The quantitative estimate of drug-likeness (QED) is 0.0262. The summed E-state index contributed by atoms with van der Waals surface area (Å²) in [5.74, 6) is -1.00. The maximum Gasteiger partial charge on any atom is 0.306 e. The number of carbonyl (C=O) groups excluding carboxylic acids is 3. The van der Waals surface area contributed by atoms with Gasteiger partial charge in [-0.3, -0.25) is 14.4 Å². The molecule has 380 valence electrons. The van der Waals surface area contributed by atoms with Crippen LogP contribution in [0.15, 0.2) is 109 Å². The van der Waals surface area contributed by atoms with Gasteiger partial charge in [0.05, 0.1) is 0 Å². The lowest BCUT2D eigenvalue weighted by Crippen LogP contribution is -2.30. The second-order valence-corrected chi connectivity index (χ2v) is 17.7. The van der Waals surface area contributed by atoms with Crippen LogP contribution in [0.3, 0.4) is 0 Å². The third kappa shape index (κ3) is 52.9. The lowest BCUT2D eigenvalue weighted by atomic mass is 10.1. The molecular weight excluding hydrogens is 829 g/mol. The molecule has 0 fully saturated rings. The molecule has 0 aliphatic heterocycles. The highest BCUT2D eigenvalue weighted by molar-refractivity contribution is 5.71. The van der Waals surface area contributed by atoms with Gasteiger partial charge in [0.2, 0.25) is 0 Å². The molecule has 67 heavy (non-hydrogen) atoms. The summed E-state index contributed by atoms with van der Waals surface area (Å²) in [6.45, 7) is 6.41. The first-order chi connectivity index (χ1) is 33.0. The average Bonchev–Trinajstić information content (AvgIpc) is 3.33. The highest BCUT2D eigenvalue weighted by Gasteiger charge is 2.19. The maximum atomic E-state index is 12.8. The van der Waals surface area contributed by atoms with Gasteiger partial charge < -0.3 is 14.2 Å². The smallest absolute Gasteiger partial charge is 0.306 e. The lowest BCUT2D eigenvalue weighted by molar-refractivity contribution is -0.167. The normalized spacial score (nSPS) is 12.9. The fourth-order valence-electron chi connectivity index (χ4n) is 7.13. The van der Waals surface area contributed by atoms with Gasteiger partial charge in [0.15, 0.2) is 6.10 Å². The van der Waals surface area contributed by atoms with Crippen molar-refractivity contribution in [1.29, 1.82) is 0 Å². The minimum absolute atomic E-state index is 0.111. The molecular formula is C61H100O6. The Hall–Kier alpha value is -3.93. The van der Waals surface area contributed by atoms with E-state index in [0.29, 0.717) is 12.8 Å². The molecule has 0 radical (unpaired) electrons. The Bertz CT molecular complexity index is 1390. The Kier molecular flexibility index (Phi) is 51.5. The van der Waals surface area contributed by atoms with E-state index in [1.807, 2.05) is 0 Å². The average molecular weight is 929 g/mol. The van der Waals surface area contributed by atoms with E-state index >= 15 is 0 Å². The van der Waals surface area contributed by atoms with Gasteiger partial charge in [-0.2, -0.15) is 0 Å². The molecule has 0 aromatic heterocycles. The van der Waals surface area contributed by atoms with Gasteiger partial charge in [0.1, 0.15) is 13.2 Å². The number of carbonyl (C=O) groups is 3. The van der Waals surface area contributed by atoms with Crippen LogP contribution in [0.4, 0.5) is 0 Å². The first-order valence-electron chi connectivity index (χ1n) is 27.4. The Morgan fingerprint density at radius 2 is 0.597 bits per heavy atom. The van der Waals surface area contributed by atoms with Gasteiger partial charge in [-0.15, -0.1) is 0 Å². The molecule has 0 amide bonds. The van der Waals surface area contributed by atoms with Crippen molar-refractivity contribution in [3.8, 4) is 0 Å². The molecule has 0 saturated heterocycles. The number of rotatable bonds is 48. The van der Waals surface area contributed by atoms with Crippen LogP contribution in [0.2, 0.25) is 0 Å². The largest absolute Gasteiger partial charge is 0.462 e. The summed E-state index contributed by atoms with van der Waals surface area (Å²) in [5.41, 5.74) is 0. The second kappa shape index (κ2) is 54.7. The van der Waals surface area contributed by atoms with Gasteiger partial charge in [-0.25, -0.2) is 0 Å². The van der Waals surface area contributed by atoms with E-state index in [4.69, 9.17) is 14.2 Å². The van der Waals surface area contributed by atoms with Gasteiger partial charge in [0.25, 0.3) is 0 Å². The van der Waals surface area contributed by atoms with Crippen LogP contribution in [-0.4, -0.2) is 37.2 Å². The third-order valence-corrected chi connectivity index (χ3v) is 11.2. The predicted octanol–water partition coefficient (Wildman–Crippen LogP) is 18.3. The number of allylic oxidation sites excluding steroid dienone is 18. The van der Waals surface area contributed by atoms with Gasteiger partial charge in [-0.05, 0) is 122 Å². The highest BCUT2D eigenvalue weighted by Crippen LogP contribution is 2.13. The minimum atomic E-state index is -0.818. The summed E-state index contributed by atoms with van der Waals surface area (Å²) in [6.07, 6.45) is 73.6. The summed E-state index contributed by atoms with van der Waals surface area (Å²) in [6, 6.07) is 0. The molecule has 0 bridgehead atoms. The molecule has 0 aliphatic carbocycles. The molecule has 0 aromatic carbocycles. The van der Waals surface area contributed by atoms with Crippen LogP contribution in [0.5, 0.6) is 0 Å². The van der Waals surface area contributed by atoms with Crippen LogP contribution in [0, 0.1) is 0 Å². The van der Waals surface area contributed by atoms with E-state index in [-0.39, 0.29) is 44.0 Å². The Morgan fingerprint density at radius 1 is 0.313 bits per heavy atom. The summed E-state index contributed by atoms with van der Waals surface area (Å²) >= 11 is 0. The van der Waals surface area contributed by atoms with E-state index in [1.165, 1.54) is 77.0 Å². The molecule has 6 nitrogen and oxygen atoms in total. The first-order valence-corrected chi connectivity index (χ1v) is 27.4. The Labute approximate surface area is 412 Å². The number of unbranched alkanes of at least 4 members (excludes halogenated alkanes) is 19. The zero-order valence-corrected chi connectivity index (χ0v) is 43.4. The number of hydrogen-bond acceptors (Lipinski definition) is 6. The second-order valence-electron chi connectivity index (χ2n) is 17.7. The molecule has 0 N–H and O–H groups in total. The summed E-state index contributed by atoms with van der Waals surface area (Å²) in [5, 5.41) is 0. The third-order valence-electron chi connectivity index (χ3n) is 11.2. The Balaban J connectivity index is 4.55. The van der Waals surface area contributed by atoms with Crippen molar-refractivity contribution in [3.05, 3.63) is 109 Å². The summed E-state index contributed by atoms with van der Waals surface area (Å²) < 4.78 is 16.8. The molecule has 0 heterocycles. The fourth-order valence-corrected chi connectivity index (χ4v) is 7.13. The molecule has 0 saturated carbocycles. The van der Waals surface area contributed by atoms with Crippen LogP contribution in [-0.2, 0) is 28.6 Å². The van der Waals surface area contributed by atoms with Crippen LogP contribution < -0.4 is 0 Å². The van der Waals surface area contributed by atoms with Gasteiger partial charge >= 0.3 is 17.9 Å². The highest BCUT2D eigenvalue weighted by atomic mass is 16.6. The zero-order chi connectivity index (χ0) is 48.6. The van der Waals surface area contributed by atoms with Crippen molar-refractivity contribution in [2.24, 2.45) is 0 Å². The molecule has 0 aliphatic rings. The molecule has 1 atom stereocenters. The van der Waals surface area contributed by atoms with Crippen molar-refractivity contribution in [1.82, 2.24) is 0 Å². The summed E-state index contributed by atoms with van der Waals surface area (Å²) in [4.78, 5) is 38.1. The van der Waals surface area contributed by atoms with Crippen molar-refractivity contribution in [2.75, 3.05) is 13.2 Å². The monoisotopic (exact) mass is 929 g/mol. The van der Waals surface area contributed by atoms with E-state index < -0.39 is 6.10 Å². The van der Waals surface area contributed by atoms with Crippen LogP contribution in [0.25, 0.3) is 0 Å². The summed E-state index contributed by atoms with van der Waals surface area (Å²) in [7, 11) is 0. The molecule has 0 rings (SSSR count). The molecule has 0 spiro atoms. The number of ether oxygens (including phenoxy) is 3. The van der Waals surface area contributed by atoms with Crippen molar-refractivity contribution in [3.63, 3.8) is 0 Å². The van der Waals surface area contributed by atoms with Gasteiger partial charge in [-0.1, -0.05) is 207 Å². The van der Waals surface area contributed by atoms with Crippen LogP contribution >= 0.6 is 0 Å². The molecule has 6 heteroatoms. The van der Waals surface area contributed by atoms with E-state index in [2.05, 4.69) is 130 Å². The molecule has 0 aromatic rings. The number of esters is 3.